The minimum absolute atomic E-state index is 0.0138. The van der Waals surface area contributed by atoms with Gasteiger partial charge in [0.1, 0.15) is 0 Å². The largest absolute Gasteiger partial charge is 0.379 e. The van der Waals surface area contributed by atoms with Crippen LogP contribution in [0, 0.1) is 5.92 Å². The highest BCUT2D eigenvalue weighted by atomic mass is 32.2. The minimum Gasteiger partial charge on any atom is -0.379 e. The number of aromatic nitrogens is 2. The Labute approximate surface area is 176 Å². The molecule has 2 aromatic rings. The molecule has 9 nitrogen and oxygen atoms in total. The Kier molecular flexibility index (Phi) is 5.26. The number of rotatable bonds is 5. The molecule has 0 radical (unpaired) electrons. The molecule has 0 bridgehead atoms. The average Bonchev–Trinajstić information content (AvgIpc) is 3.60. The molecule has 1 aromatic heterocycles. The van der Waals surface area contributed by atoms with E-state index in [4.69, 9.17) is 4.74 Å². The van der Waals surface area contributed by atoms with E-state index in [0.29, 0.717) is 69.3 Å². The number of fused-ring (bicyclic) bond motifs is 1. The molecule has 5 rings (SSSR count). The second kappa shape index (κ2) is 7.92. The summed E-state index contributed by atoms with van der Waals surface area (Å²) in [5.74, 6) is 0.617. The lowest BCUT2D eigenvalue weighted by Gasteiger charge is -2.38. The van der Waals surface area contributed by atoms with Gasteiger partial charge in [-0.3, -0.25) is 9.36 Å². The fourth-order valence-electron chi connectivity index (χ4n) is 4.17. The standard InChI is InChI=1S/C20H27N5O4S/c26-20-18-4-3-17(13-19(18)21-15-23(20)14-16-1-2-16)22-5-7-24(8-6-22)30(27,28)25-9-11-29-12-10-25/h3-4,13,15-16H,1-2,5-12,14H2. The van der Waals surface area contributed by atoms with Gasteiger partial charge in [0.05, 0.1) is 30.4 Å². The van der Waals surface area contributed by atoms with Gasteiger partial charge >= 0.3 is 0 Å². The van der Waals surface area contributed by atoms with Crippen LogP contribution in [-0.2, 0) is 21.5 Å². The van der Waals surface area contributed by atoms with Crippen molar-refractivity contribution in [1.29, 1.82) is 0 Å². The third-order valence-corrected chi connectivity index (χ3v) is 8.22. The fourth-order valence-corrected chi connectivity index (χ4v) is 5.73. The fraction of sp³-hybridized carbons (Fsp3) is 0.600. The Morgan fingerprint density at radius 3 is 2.40 bits per heavy atom. The van der Waals surface area contributed by atoms with Crippen LogP contribution in [0.3, 0.4) is 0 Å². The van der Waals surface area contributed by atoms with Gasteiger partial charge < -0.3 is 9.64 Å². The molecule has 1 aliphatic carbocycles. The van der Waals surface area contributed by atoms with Crippen LogP contribution in [0.25, 0.3) is 10.9 Å². The molecule has 2 aliphatic heterocycles. The molecule has 2 saturated heterocycles. The van der Waals surface area contributed by atoms with Crippen LogP contribution in [0.4, 0.5) is 5.69 Å². The van der Waals surface area contributed by atoms with Crippen LogP contribution >= 0.6 is 0 Å². The Hall–Kier alpha value is -2.01. The van der Waals surface area contributed by atoms with Gasteiger partial charge in [-0.1, -0.05) is 0 Å². The predicted octanol–water partition coefficient (Wildman–Crippen LogP) is 0.506. The zero-order valence-electron chi connectivity index (χ0n) is 16.9. The summed E-state index contributed by atoms with van der Waals surface area (Å²) in [7, 11) is -3.44. The Balaban J connectivity index is 1.29. The molecule has 30 heavy (non-hydrogen) atoms. The number of morpholine rings is 1. The third kappa shape index (κ3) is 3.84. The van der Waals surface area contributed by atoms with Crippen LogP contribution in [0.5, 0.6) is 0 Å². The summed E-state index contributed by atoms with van der Waals surface area (Å²) in [6.45, 7) is 4.57. The van der Waals surface area contributed by atoms with Gasteiger partial charge in [0.15, 0.2) is 0 Å². The molecule has 0 N–H and O–H groups in total. The first-order valence-corrected chi connectivity index (χ1v) is 12.0. The molecule has 3 heterocycles. The lowest BCUT2D eigenvalue weighted by atomic mass is 10.2. The van der Waals surface area contributed by atoms with Crippen LogP contribution < -0.4 is 10.5 Å². The molecule has 0 spiro atoms. The van der Waals surface area contributed by atoms with Crippen LogP contribution in [0.1, 0.15) is 12.8 Å². The maximum absolute atomic E-state index is 12.8. The summed E-state index contributed by atoms with van der Waals surface area (Å²) in [4.78, 5) is 19.4. The lowest BCUT2D eigenvalue weighted by molar-refractivity contribution is 0.0700. The van der Waals surface area contributed by atoms with E-state index >= 15 is 0 Å². The van der Waals surface area contributed by atoms with Gasteiger partial charge in [0, 0.05) is 51.5 Å². The van der Waals surface area contributed by atoms with Crippen LogP contribution in [0.15, 0.2) is 29.3 Å². The lowest BCUT2D eigenvalue weighted by Crippen LogP contribution is -2.55. The SMILES string of the molecule is O=c1c2ccc(N3CCN(S(=O)(=O)N4CCOCC4)CC3)cc2ncn1CC1CC1. The van der Waals surface area contributed by atoms with E-state index in [1.807, 2.05) is 18.2 Å². The number of nitrogens with zero attached hydrogens (tertiary/aromatic N) is 5. The van der Waals surface area contributed by atoms with Crippen molar-refractivity contribution in [2.24, 2.45) is 5.92 Å². The van der Waals surface area contributed by atoms with E-state index < -0.39 is 10.2 Å². The summed E-state index contributed by atoms with van der Waals surface area (Å²) < 4.78 is 35.7. The molecule has 1 aromatic carbocycles. The van der Waals surface area contributed by atoms with Crippen molar-refractivity contribution in [2.75, 3.05) is 57.4 Å². The summed E-state index contributed by atoms with van der Waals surface area (Å²) in [5.41, 5.74) is 1.67. The minimum atomic E-state index is -3.44. The van der Waals surface area contributed by atoms with Crippen molar-refractivity contribution < 1.29 is 13.2 Å². The van der Waals surface area contributed by atoms with Crippen molar-refractivity contribution in [1.82, 2.24) is 18.2 Å². The molecular weight excluding hydrogens is 406 g/mol. The zero-order chi connectivity index (χ0) is 20.7. The molecule has 3 fully saturated rings. The smallest absolute Gasteiger partial charge is 0.282 e. The van der Waals surface area contributed by atoms with Gasteiger partial charge in [-0.15, -0.1) is 0 Å². The highest BCUT2D eigenvalue weighted by Gasteiger charge is 2.33. The molecule has 1 saturated carbocycles. The quantitative estimate of drug-likeness (QED) is 0.683. The Morgan fingerprint density at radius 1 is 1.00 bits per heavy atom. The van der Waals surface area contributed by atoms with Gasteiger partial charge in [-0.2, -0.15) is 17.0 Å². The second-order valence-corrected chi connectivity index (χ2v) is 10.2. The predicted molar refractivity (Wildman–Crippen MR) is 114 cm³/mol. The third-order valence-electron chi connectivity index (χ3n) is 6.19. The van der Waals surface area contributed by atoms with Crippen molar-refractivity contribution >= 4 is 26.8 Å². The van der Waals surface area contributed by atoms with Gasteiger partial charge in [-0.05, 0) is 37.0 Å². The molecular formula is C20H27N5O4S. The van der Waals surface area contributed by atoms with Crippen molar-refractivity contribution in [3.8, 4) is 0 Å². The average molecular weight is 434 g/mol. The van der Waals surface area contributed by atoms with Crippen molar-refractivity contribution in [3.63, 3.8) is 0 Å². The number of benzene rings is 1. The van der Waals surface area contributed by atoms with E-state index in [-0.39, 0.29) is 5.56 Å². The van der Waals surface area contributed by atoms with Crippen molar-refractivity contribution in [3.05, 3.63) is 34.9 Å². The first-order valence-electron chi connectivity index (χ1n) is 10.6. The maximum Gasteiger partial charge on any atom is 0.282 e. The van der Waals surface area contributed by atoms with Crippen LogP contribution in [0.2, 0.25) is 0 Å². The first kappa shape index (κ1) is 19.9. The summed E-state index contributed by atoms with van der Waals surface area (Å²) in [5, 5.41) is 0.635. The highest BCUT2D eigenvalue weighted by Crippen LogP contribution is 2.30. The number of ether oxygens (including phenoxy) is 1. The molecule has 3 aliphatic rings. The number of piperazine rings is 1. The molecule has 0 unspecified atom stereocenters. The normalized spacial score (nSPS) is 21.9. The number of anilines is 1. The Bertz CT molecular complexity index is 1080. The van der Waals surface area contributed by atoms with E-state index in [0.717, 1.165) is 12.2 Å². The van der Waals surface area contributed by atoms with E-state index in [9.17, 15) is 13.2 Å². The maximum atomic E-state index is 12.8. The first-order chi connectivity index (χ1) is 14.5. The van der Waals surface area contributed by atoms with Crippen LogP contribution in [-0.4, -0.2) is 79.1 Å². The molecule has 162 valence electrons. The summed E-state index contributed by atoms with van der Waals surface area (Å²) in [6, 6.07) is 5.73. The number of hydrogen-bond donors (Lipinski definition) is 0. The number of hydrogen-bond acceptors (Lipinski definition) is 6. The van der Waals surface area contributed by atoms with E-state index in [2.05, 4.69) is 9.88 Å². The zero-order valence-corrected chi connectivity index (χ0v) is 17.8. The topological polar surface area (TPSA) is 88.0 Å². The molecule has 0 atom stereocenters. The van der Waals surface area contributed by atoms with Gasteiger partial charge in [-0.25, -0.2) is 4.98 Å². The van der Waals surface area contributed by atoms with E-state index in [1.54, 1.807) is 15.2 Å². The van der Waals surface area contributed by atoms with Crippen molar-refractivity contribution in [2.45, 2.75) is 19.4 Å². The van der Waals surface area contributed by atoms with Gasteiger partial charge in [0.25, 0.3) is 15.8 Å². The molecule has 0 amide bonds. The molecule has 10 heteroatoms. The summed E-state index contributed by atoms with van der Waals surface area (Å²) >= 11 is 0. The monoisotopic (exact) mass is 433 g/mol. The Morgan fingerprint density at radius 2 is 1.70 bits per heavy atom. The highest BCUT2D eigenvalue weighted by molar-refractivity contribution is 7.86. The summed E-state index contributed by atoms with van der Waals surface area (Å²) in [6.07, 6.45) is 4.03. The second-order valence-electron chi connectivity index (χ2n) is 8.25. The van der Waals surface area contributed by atoms with E-state index in [1.165, 1.54) is 17.1 Å². The van der Waals surface area contributed by atoms with Gasteiger partial charge in [0.2, 0.25) is 0 Å².